The average Bonchev–Trinajstić information content (AvgIpc) is 2.65. The Morgan fingerprint density at radius 3 is 2.40 bits per heavy atom. The van der Waals surface area contributed by atoms with Gasteiger partial charge < -0.3 is 0 Å². The summed E-state index contributed by atoms with van der Waals surface area (Å²) in [4.78, 5) is 12.7. The number of hydrogen-bond acceptors (Lipinski definition) is 2. The number of halogens is 4. The molecule has 2 aromatic rings. The molecule has 2 amide bonds. The lowest BCUT2D eigenvalue weighted by molar-refractivity contribution is -0.119. The van der Waals surface area contributed by atoms with Crippen LogP contribution in [0.2, 0.25) is 5.02 Å². The van der Waals surface area contributed by atoms with Crippen LogP contribution in [0.4, 0.5) is 23.7 Å². The van der Waals surface area contributed by atoms with Crippen molar-refractivity contribution in [3.05, 3.63) is 70.9 Å². The van der Waals surface area contributed by atoms with Crippen LogP contribution in [-0.4, -0.2) is 29.0 Å². The molecule has 0 radical (unpaired) electrons. The van der Waals surface area contributed by atoms with E-state index in [1.165, 1.54) is 18.2 Å². The van der Waals surface area contributed by atoms with Crippen molar-refractivity contribution in [3.63, 3.8) is 0 Å². The summed E-state index contributed by atoms with van der Waals surface area (Å²) in [5.74, 6) is 0. The van der Waals surface area contributed by atoms with E-state index in [1.807, 2.05) is 0 Å². The van der Waals surface area contributed by atoms with Gasteiger partial charge in [-0.1, -0.05) is 41.9 Å². The maximum Gasteiger partial charge on any atom is 0.406 e. The Morgan fingerprint density at radius 2 is 1.76 bits per heavy atom. The molecule has 4 nitrogen and oxygen atoms in total. The minimum absolute atomic E-state index is 0.0124. The molecule has 0 aromatic heterocycles. The van der Waals surface area contributed by atoms with Gasteiger partial charge in [-0.25, -0.2) is 4.79 Å². The van der Waals surface area contributed by atoms with Crippen LogP contribution in [0.25, 0.3) is 5.57 Å². The molecule has 0 fully saturated rings. The minimum atomic E-state index is -4.63. The van der Waals surface area contributed by atoms with Gasteiger partial charge in [0.2, 0.25) is 0 Å². The van der Waals surface area contributed by atoms with E-state index >= 15 is 0 Å². The Kier molecular flexibility index (Phi) is 4.45. The highest BCUT2D eigenvalue weighted by molar-refractivity contribution is 6.31. The number of carbonyl (C=O) groups excluding carboxylic acids is 1. The predicted octanol–water partition coefficient (Wildman–Crippen LogP) is 4.92. The third-order valence-electron chi connectivity index (χ3n) is 3.64. The molecule has 2 aromatic carbocycles. The summed E-state index contributed by atoms with van der Waals surface area (Å²) >= 11 is 6.01. The van der Waals surface area contributed by atoms with Gasteiger partial charge in [0, 0.05) is 22.4 Å². The smallest absolute Gasteiger partial charge is 0.283 e. The van der Waals surface area contributed by atoms with Gasteiger partial charge in [0.05, 0.1) is 5.69 Å². The van der Waals surface area contributed by atoms with Gasteiger partial charge in [0.1, 0.15) is 6.54 Å². The number of fused-ring (bicyclic) bond motifs is 1. The van der Waals surface area contributed by atoms with E-state index in [4.69, 9.17) is 11.6 Å². The first-order valence-electron chi connectivity index (χ1n) is 7.20. The van der Waals surface area contributed by atoms with Crippen LogP contribution in [-0.2, 0) is 0 Å². The minimum Gasteiger partial charge on any atom is -0.283 e. The number of amides is 2. The van der Waals surface area contributed by atoms with Crippen molar-refractivity contribution in [3.8, 4) is 0 Å². The second-order valence-corrected chi connectivity index (χ2v) is 5.84. The summed E-state index contributed by atoms with van der Waals surface area (Å²) in [6.07, 6.45) is -3.55. The van der Waals surface area contributed by atoms with Crippen LogP contribution in [0.5, 0.6) is 0 Å². The first-order valence-corrected chi connectivity index (χ1v) is 7.57. The van der Waals surface area contributed by atoms with E-state index in [0.29, 0.717) is 26.6 Å². The fraction of sp³-hybridized carbons (Fsp3) is 0.118. The molecule has 0 spiro atoms. The van der Waals surface area contributed by atoms with Crippen LogP contribution >= 0.6 is 11.6 Å². The molecule has 0 saturated heterocycles. The van der Waals surface area contributed by atoms with Crippen molar-refractivity contribution in [1.82, 2.24) is 5.06 Å². The molecule has 0 bridgehead atoms. The van der Waals surface area contributed by atoms with Gasteiger partial charge in [-0.15, -0.1) is 0 Å². The summed E-state index contributed by atoms with van der Waals surface area (Å²) < 4.78 is 38.8. The van der Waals surface area contributed by atoms with Gasteiger partial charge in [-0.05, 0) is 23.8 Å². The maximum absolute atomic E-state index is 12.9. The second-order valence-electron chi connectivity index (χ2n) is 5.40. The number of hydroxylamine groups is 2. The third-order valence-corrected chi connectivity index (χ3v) is 3.88. The second kappa shape index (κ2) is 6.42. The summed E-state index contributed by atoms with van der Waals surface area (Å²) in [6, 6.07) is 11.7. The lowest BCUT2D eigenvalue weighted by Crippen LogP contribution is -2.44. The lowest BCUT2D eigenvalue weighted by Gasteiger charge is -2.25. The van der Waals surface area contributed by atoms with E-state index < -0.39 is 18.8 Å². The van der Waals surface area contributed by atoms with Crippen molar-refractivity contribution < 1.29 is 23.2 Å². The topological polar surface area (TPSA) is 43.8 Å². The van der Waals surface area contributed by atoms with Crippen LogP contribution in [0.1, 0.15) is 11.1 Å². The molecule has 0 unspecified atom stereocenters. The number of alkyl halides is 3. The largest absolute Gasteiger partial charge is 0.406 e. The van der Waals surface area contributed by atoms with Gasteiger partial charge in [0.15, 0.2) is 0 Å². The Hall–Kier alpha value is -2.51. The zero-order valence-electron chi connectivity index (χ0n) is 12.7. The molecule has 130 valence electrons. The van der Waals surface area contributed by atoms with Crippen LogP contribution in [0.3, 0.4) is 0 Å². The number of carbonyl (C=O) groups is 1. The Bertz CT molecular complexity index is 838. The highest BCUT2D eigenvalue weighted by Gasteiger charge is 2.38. The summed E-state index contributed by atoms with van der Waals surface area (Å²) in [5, 5.41) is 10.4. The number of anilines is 1. The fourth-order valence-electron chi connectivity index (χ4n) is 2.61. The van der Waals surface area contributed by atoms with Crippen LogP contribution in [0, 0.1) is 0 Å². The highest BCUT2D eigenvalue weighted by Crippen LogP contribution is 2.38. The molecule has 1 aliphatic heterocycles. The normalized spacial score (nSPS) is 14.9. The number of nitrogens with zero attached hydrogens (tertiary/aromatic N) is 2. The van der Waals surface area contributed by atoms with E-state index in [9.17, 15) is 23.2 Å². The fourth-order valence-corrected chi connectivity index (χ4v) is 2.79. The zero-order chi connectivity index (χ0) is 18.2. The van der Waals surface area contributed by atoms with E-state index in [1.54, 1.807) is 30.3 Å². The highest BCUT2D eigenvalue weighted by atomic mass is 35.5. The van der Waals surface area contributed by atoms with Crippen molar-refractivity contribution in [2.75, 3.05) is 11.4 Å². The molecular formula is C17H12ClF3N2O2. The molecule has 8 heteroatoms. The van der Waals surface area contributed by atoms with E-state index in [0.717, 1.165) is 6.20 Å². The zero-order valence-corrected chi connectivity index (χ0v) is 13.4. The van der Waals surface area contributed by atoms with Gasteiger partial charge in [-0.2, -0.15) is 18.2 Å². The molecule has 0 atom stereocenters. The Labute approximate surface area is 146 Å². The Balaban J connectivity index is 2.22. The number of benzene rings is 2. The molecule has 0 aliphatic carbocycles. The van der Waals surface area contributed by atoms with Crippen molar-refractivity contribution in [2.24, 2.45) is 0 Å². The van der Waals surface area contributed by atoms with Crippen LogP contribution in [0.15, 0.2) is 54.7 Å². The monoisotopic (exact) mass is 368 g/mol. The van der Waals surface area contributed by atoms with Gasteiger partial charge >= 0.3 is 12.2 Å². The molecule has 1 heterocycles. The van der Waals surface area contributed by atoms with Crippen LogP contribution < -0.4 is 4.90 Å². The van der Waals surface area contributed by atoms with Gasteiger partial charge in [0.25, 0.3) is 0 Å². The summed E-state index contributed by atoms with van der Waals surface area (Å²) in [7, 11) is 0. The number of rotatable bonds is 2. The quantitative estimate of drug-likeness (QED) is 0.764. The van der Waals surface area contributed by atoms with E-state index in [2.05, 4.69) is 0 Å². The molecule has 1 aliphatic rings. The Morgan fingerprint density at radius 1 is 1.08 bits per heavy atom. The molecule has 3 rings (SSSR count). The third kappa shape index (κ3) is 3.62. The maximum atomic E-state index is 12.9. The predicted molar refractivity (Wildman–Crippen MR) is 87.4 cm³/mol. The molecule has 0 saturated carbocycles. The van der Waals surface area contributed by atoms with Gasteiger partial charge in [-0.3, -0.25) is 10.1 Å². The number of urea groups is 1. The molecular weight excluding hydrogens is 357 g/mol. The van der Waals surface area contributed by atoms with Crippen molar-refractivity contribution in [2.45, 2.75) is 6.18 Å². The lowest BCUT2D eigenvalue weighted by atomic mass is 9.97. The standard InChI is InChI=1S/C17H12ClF3N2O2/c18-12-6-7-15-13(8-12)14(11-4-2-1-3-5-11)9-23(25)16(24)22(15)10-17(19,20)21/h1-9,25H,10H2. The molecule has 25 heavy (non-hydrogen) atoms. The average molecular weight is 369 g/mol. The number of hydrogen-bond donors (Lipinski definition) is 1. The van der Waals surface area contributed by atoms with Crippen molar-refractivity contribution in [1.29, 1.82) is 0 Å². The SMILES string of the molecule is O=C1N(O)C=C(c2ccccc2)c2cc(Cl)ccc2N1CC(F)(F)F. The summed E-state index contributed by atoms with van der Waals surface area (Å²) in [5.41, 5.74) is 1.32. The van der Waals surface area contributed by atoms with Crippen molar-refractivity contribution >= 4 is 28.9 Å². The first kappa shape index (κ1) is 17.3. The summed E-state index contributed by atoms with van der Waals surface area (Å²) in [6.45, 7) is -1.53. The molecule has 1 N–H and O–H groups in total. The van der Waals surface area contributed by atoms with E-state index in [-0.39, 0.29) is 10.8 Å². The first-order chi connectivity index (χ1) is 11.8.